The first kappa shape index (κ1) is 16.0. The summed E-state index contributed by atoms with van der Waals surface area (Å²) in [5, 5.41) is 0.361. The average molecular weight is 273 g/mol. The summed E-state index contributed by atoms with van der Waals surface area (Å²) in [7, 11) is -2.70. The molecule has 0 aliphatic carbocycles. The third-order valence-corrected chi connectivity index (χ3v) is 3.23. The fourth-order valence-electron chi connectivity index (χ4n) is 0.949. The number of hydrogen-bond acceptors (Lipinski definition) is 1. The molecule has 13 heavy (non-hydrogen) atoms. The van der Waals surface area contributed by atoms with E-state index in [4.69, 9.17) is 0 Å². The van der Waals surface area contributed by atoms with Crippen molar-refractivity contribution < 1.29 is 26.2 Å². The van der Waals surface area contributed by atoms with Gasteiger partial charge in [-0.25, -0.2) is 4.39 Å². The van der Waals surface area contributed by atoms with Gasteiger partial charge >= 0.3 is 23.1 Å². The fraction of sp³-hybridized carbons (Fsp3) is 0.250. The van der Waals surface area contributed by atoms with Crippen LogP contribution < -0.4 is 27.0 Å². The molecule has 0 N–H and O–H groups in total. The van der Waals surface area contributed by atoms with Crippen LogP contribution in [0.15, 0.2) is 24.3 Å². The first-order valence-corrected chi connectivity index (χ1v) is 6.38. The molecule has 1 aromatic carbocycles. The van der Waals surface area contributed by atoms with Gasteiger partial charge < -0.3 is 21.8 Å². The maximum atomic E-state index is 12.9. The molecule has 0 radical (unpaired) electrons. The molecule has 0 unspecified atom stereocenters. The zero-order valence-electron chi connectivity index (χ0n) is 7.68. The van der Waals surface area contributed by atoms with E-state index in [-0.39, 0.29) is 45.9 Å². The maximum absolute atomic E-state index is 12.9. The summed E-state index contributed by atoms with van der Waals surface area (Å²) in [6.07, 6.45) is 0. The van der Waals surface area contributed by atoms with Crippen LogP contribution in [0.25, 0.3) is 0 Å². The molecule has 0 heterocycles. The van der Waals surface area contributed by atoms with Crippen LogP contribution in [0.4, 0.5) is 4.39 Å². The monoisotopic (exact) mass is 272 g/mol. The molecule has 5 heteroatoms. The smallest absolute Gasteiger partial charge is 1.00 e. The van der Waals surface area contributed by atoms with E-state index < -0.39 is 8.32 Å². The van der Waals surface area contributed by atoms with Gasteiger partial charge in [-0.05, 0) is 19.6 Å². The van der Waals surface area contributed by atoms with Crippen LogP contribution in [0, 0.1) is 5.82 Å². The molecule has 0 aliphatic rings. The molecule has 0 fully saturated rings. The average Bonchev–Trinajstić information content (AvgIpc) is 1.86. The molecule has 0 aliphatic heterocycles. The number of rotatable bonds is 1. The van der Waals surface area contributed by atoms with Crippen molar-refractivity contribution >= 4 is 36.6 Å². The Hall–Kier alpha value is 0.573. The summed E-state index contributed by atoms with van der Waals surface area (Å²) in [5.41, 5.74) is 0. The minimum Gasteiger partial charge on any atom is -1.00 e. The van der Waals surface area contributed by atoms with Crippen molar-refractivity contribution in [1.29, 1.82) is 0 Å². The van der Waals surface area contributed by atoms with Gasteiger partial charge in [0.2, 0.25) is 0 Å². The Bertz CT molecular complexity index is 265. The van der Waals surface area contributed by atoms with Crippen molar-refractivity contribution in [2.24, 2.45) is 0 Å². The first-order chi connectivity index (χ1) is 5.02. The molecule has 0 saturated heterocycles. The van der Waals surface area contributed by atoms with Crippen molar-refractivity contribution in [3.05, 3.63) is 30.1 Å². The van der Waals surface area contributed by atoms with E-state index in [1.165, 1.54) is 6.07 Å². The molecule has 1 rings (SSSR count). The largest absolute Gasteiger partial charge is 2.00 e. The van der Waals surface area contributed by atoms with Crippen LogP contribution in [0.3, 0.4) is 0 Å². The van der Waals surface area contributed by atoms with Crippen molar-refractivity contribution in [2.75, 3.05) is 0 Å². The second-order valence-electron chi connectivity index (χ2n) is 2.99. The Labute approximate surface area is 105 Å². The molecular weight excluding hydrogens is 263 g/mol. The van der Waals surface area contributed by atoms with E-state index >= 15 is 0 Å². The van der Waals surface area contributed by atoms with E-state index in [1.54, 1.807) is 31.3 Å². The van der Waals surface area contributed by atoms with E-state index in [0.717, 1.165) is 0 Å². The Kier molecular flexibility index (Phi) is 7.56. The minimum absolute atomic E-state index is 0. The van der Waals surface area contributed by atoms with E-state index in [9.17, 15) is 9.19 Å². The zero-order valence-corrected chi connectivity index (χ0v) is 11.7. The third-order valence-electron chi connectivity index (χ3n) is 1.52. The minimum atomic E-state index is -2.70. The molecule has 0 atom stereocenters. The SMILES string of the molecule is C[Si](C)([O-])c1ccccc1F.[Br-].[Mg+2]. The quantitative estimate of drug-likeness (QED) is 0.508. The van der Waals surface area contributed by atoms with Crippen LogP contribution in [0.1, 0.15) is 0 Å². The van der Waals surface area contributed by atoms with Crippen molar-refractivity contribution in [2.45, 2.75) is 13.1 Å². The molecule has 1 aromatic rings. The van der Waals surface area contributed by atoms with Gasteiger partial charge in [0.05, 0.1) is 0 Å². The van der Waals surface area contributed by atoms with Gasteiger partial charge in [-0.3, -0.25) is 0 Å². The van der Waals surface area contributed by atoms with E-state index in [0.29, 0.717) is 5.19 Å². The Morgan fingerprint density at radius 3 is 2.00 bits per heavy atom. The van der Waals surface area contributed by atoms with Gasteiger partial charge in [-0.1, -0.05) is 31.3 Å². The summed E-state index contributed by atoms with van der Waals surface area (Å²) in [6.45, 7) is 3.18. The molecule has 0 spiro atoms. The molecule has 0 saturated carbocycles. The first-order valence-electron chi connectivity index (χ1n) is 3.47. The van der Waals surface area contributed by atoms with Gasteiger partial charge in [0.15, 0.2) is 0 Å². The van der Waals surface area contributed by atoms with Gasteiger partial charge in [-0.15, -0.1) is 0 Å². The van der Waals surface area contributed by atoms with Crippen LogP contribution in [-0.2, 0) is 0 Å². The number of benzene rings is 1. The number of halogens is 2. The molecule has 1 nitrogen and oxygen atoms in total. The Morgan fingerprint density at radius 2 is 1.69 bits per heavy atom. The molecular formula is C8H10BrFMgOSi. The van der Waals surface area contributed by atoms with Crippen molar-refractivity contribution in [1.82, 2.24) is 0 Å². The van der Waals surface area contributed by atoms with Gasteiger partial charge in [0.25, 0.3) is 0 Å². The molecule has 0 bridgehead atoms. The molecule has 0 aromatic heterocycles. The van der Waals surface area contributed by atoms with Crippen molar-refractivity contribution in [3.8, 4) is 0 Å². The normalized spacial score (nSPS) is 9.85. The maximum Gasteiger partial charge on any atom is 2.00 e. The van der Waals surface area contributed by atoms with Gasteiger partial charge in [-0.2, -0.15) is 0 Å². The second-order valence-corrected chi connectivity index (χ2v) is 6.55. The van der Waals surface area contributed by atoms with Crippen LogP contribution in [0.2, 0.25) is 13.1 Å². The summed E-state index contributed by atoms with van der Waals surface area (Å²) in [5.74, 6) is -0.362. The molecule has 68 valence electrons. The van der Waals surface area contributed by atoms with Gasteiger partial charge in [0.1, 0.15) is 5.82 Å². The third kappa shape index (κ3) is 4.55. The molecule has 0 amide bonds. The van der Waals surface area contributed by atoms with Crippen LogP contribution in [0.5, 0.6) is 0 Å². The predicted molar refractivity (Wildman–Crippen MR) is 49.3 cm³/mol. The summed E-state index contributed by atoms with van der Waals surface area (Å²) >= 11 is 0. The fourth-order valence-corrected chi connectivity index (χ4v) is 2.11. The number of hydrogen-bond donors (Lipinski definition) is 0. The van der Waals surface area contributed by atoms with E-state index in [2.05, 4.69) is 0 Å². The summed E-state index contributed by atoms with van der Waals surface area (Å²) in [4.78, 5) is 11.4. The standard InChI is InChI=1S/C8H10FOSi.BrH.Mg/c1-11(2,10)8-6-4-3-5-7(8)9;;/h3-6H,1-2H3;1H;/q-1;;+2/p-1. The predicted octanol–water partition coefficient (Wildman–Crippen LogP) is -2.78. The van der Waals surface area contributed by atoms with Gasteiger partial charge in [0, 0.05) is 0 Å². The summed E-state index contributed by atoms with van der Waals surface area (Å²) < 4.78 is 12.9. The Balaban J connectivity index is 0. The topological polar surface area (TPSA) is 23.1 Å². The second kappa shape index (κ2) is 6.13. The van der Waals surface area contributed by atoms with E-state index in [1.807, 2.05) is 0 Å². The zero-order chi connectivity index (χ0) is 8.48. The van der Waals surface area contributed by atoms with Crippen LogP contribution >= 0.6 is 0 Å². The van der Waals surface area contributed by atoms with Crippen LogP contribution in [-0.4, -0.2) is 31.4 Å². The summed E-state index contributed by atoms with van der Waals surface area (Å²) in [6, 6.07) is 6.21. The Morgan fingerprint density at radius 1 is 1.23 bits per heavy atom. The van der Waals surface area contributed by atoms with Crippen molar-refractivity contribution in [3.63, 3.8) is 0 Å².